The van der Waals surface area contributed by atoms with E-state index in [1.165, 1.54) is 12.1 Å². The third-order valence-electron chi connectivity index (χ3n) is 2.31. The van der Waals surface area contributed by atoms with E-state index in [-0.39, 0.29) is 18.0 Å². The number of alkyl halides is 3. The van der Waals surface area contributed by atoms with E-state index in [9.17, 15) is 13.2 Å². The highest BCUT2D eigenvalue weighted by molar-refractivity contribution is 5.85. The fourth-order valence-corrected chi connectivity index (χ4v) is 1.28. The molecule has 1 aromatic rings. The first-order chi connectivity index (χ1) is 6.82. The number of halogens is 4. The molecule has 0 aliphatic heterocycles. The molecule has 92 valence electrons. The van der Waals surface area contributed by atoms with Crippen molar-refractivity contribution in [3.8, 4) is 0 Å². The van der Waals surface area contributed by atoms with Gasteiger partial charge in [-0.1, -0.05) is 38.1 Å². The van der Waals surface area contributed by atoms with E-state index in [1.54, 1.807) is 12.1 Å². The van der Waals surface area contributed by atoms with Crippen LogP contribution in [0.25, 0.3) is 0 Å². The van der Waals surface area contributed by atoms with Gasteiger partial charge in [0.15, 0.2) is 0 Å². The van der Waals surface area contributed by atoms with Gasteiger partial charge in [0.25, 0.3) is 0 Å². The predicted octanol–water partition coefficient (Wildman–Crippen LogP) is 3.79. The molecule has 0 unspecified atom stereocenters. The highest BCUT2D eigenvalue weighted by Gasteiger charge is 2.37. The van der Waals surface area contributed by atoms with Crippen LogP contribution in [0, 0.1) is 0 Å². The van der Waals surface area contributed by atoms with Gasteiger partial charge in [0.05, 0.1) is 0 Å². The Morgan fingerprint density at radius 2 is 1.38 bits per heavy atom. The van der Waals surface area contributed by atoms with Gasteiger partial charge in [-0.05, 0) is 17.0 Å². The van der Waals surface area contributed by atoms with Crippen LogP contribution in [-0.2, 0) is 0 Å². The van der Waals surface area contributed by atoms with Gasteiger partial charge < -0.3 is 5.73 Å². The van der Waals surface area contributed by atoms with Gasteiger partial charge in [0.2, 0.25) is 0 Å². The first kappa shape index (κ1) is 15.3. The van der Waals surface area contributed by atoms with E-state index in [0.717, 1.165) is 5.56 Å². The fourth-order valence-electron chi connectivity index (χ4n) is 1.28. The Morgan fingerprint density at radius 1 is 1.00 bits per heavy atom. The molecule has 0 fully saturated rings. The summed E-state index contributed by atoms with van der Waals surface area (Å²) in [6.07, 6.45) is -4.38. The van der Waals surface area contributed by atoms with Crippen LogP contribution in [0.3, 0.4) is 0 Å². The molecule has 0 bridgehead atoms. The lowest BCUT2D eigenvalue weighted by molar-refractivity contribution is -0.149. The molecule has 0 saturated heterocycles. The highest BCUT2D eigenvalue weighted by atomic mass is 35.5. The summed E-state index contributed by atoms with van der Waals surface area (Å²) < 4.78 is 36.8. The van der Waals surface area contributed by atoms with Crippen LogP contribution in [0.4, 0.5) is 13.2 Å². The Labute approximate surface area is 99.2 Å². The molecule has 0 radical (unpaired) electrons. The second kappa shape index (κ2) is 5.55. The monoisotopic (exact) mass is 253 g/mol. The molecule has 0 saturated carbocycles. The van der Waals surface area contributed by atoms with Gasteiger partial charge in [0, 0.05) is 0 Å². The standard InChI is InChI=1S/C11H14F3N.ClH/c1-7(2)8-3-5-9(6-4-8)10(15)11(12,13)14;/h3-7,10H,15H2,1-2H3;1H/t10-;/m1./s1. The summed E-state index contributed by atoms with van der Waals surface area (Å²) in [5, 5.41) is 0. The summed E-state index contributed by atoms with van der Waals surface area (Å²) >= 11 is 0. The quantitative estimate of drug-likeness (QED) is 0.853. The van der Waals surface area contributed by atoms with Crippen molar-refractivity contribution < 1.29 is 13.2 Å². The summed E-state index contributed by atoms with van der Waals surface area (Å²) in [4.78, 5) is 0. The molecule has 0 aliphatic carbocycles. The molecule has 1 aromatic carbocycles. The average Bonchev–Trinajstić information content (AvgIpc) is 2.15. The van der Waals surface area contributed by atoms with Gasteiger partial charge in [-0.3, -0.25) is 0 Å². The Hall–Kier alpha value is -0.740. The molecule has 1 rings (SSSR count). The van der Waals surface area contributed by atoms with Crippen molar-refractivity contribution in [2.75, 3.05) is 0 Å². The maximum Gasteiger partial charge on any atom is 0.407 e. The molecule has 16 heavy (non-hydrogen) atoms. The molecular weight excluding hydrogens is 239 g/mol. The maximum atomic E-state index is 12.3. The van der Waals surface area contributed by atoms with Crippen LogP contribution in [0.5, 0.6) is 0 Å². The molecule has 0 aliphatic rings. The summed E-state index contributed by atoms with van der Waals surface area (Å²) in [6, 6.07) is 4.36. The zero-order chi connectivity index (χ0) is 11.6. The first-order valence-corrected chi connectivity index (χ1v) is 4.74. The van der Waals surface area contributed by atoms with Crippen molar-refractivity contribution in [1.82, 2.24) is 0 Å². The number of hydrogen-bond acceptors (Lipinski definition) is 1. The Kier molecular flexibility index (Phi) is 5.29. The lowest BCUT2D eigenvalue weighted by atomic mass is 9.99. The Morgan fingerprint density at radius 3 is 1.69 bits per heavy atom. The Balaban J connectivity index is 0.00000225. The minimum absolute atomic E-state index is 0. The van der Waals surface area contributed by atoms with E-state index in [1.807, 2.05) is 13.8 Å². The van der Waals surface area contributed by atoms with Gasteiger partial charge in [-0.2, -0.15) is 13.2 Å². The van der Waals surface area contributed by atoms with Crippen LogP contribution >= 0.6 is 12.4 Å². The summed E-state index contributed by atoms with van der Waals surface area (Å²) in [6.45, 7) is 3.97. The summed E-state index contributed by atoms with van der Waals surface area (Å²) in [7, 11) is 0. The summed E-state index contributed by atoms with van der Waals surface area (Å²) in [5.74, 6) is 0.307. The van der Waals surface area contributed by atoms with Crippen molar-refractivity contribution in [2.24, 2.45) is 5.73 Å². The van der Waals surface area contributed by atoms with E-state index in [0.29, 0.717) is 5.92 Å². The van der Waals surface area contributed by atoms with Crippen LogP contribution < -0.4 is 5.73 Å². The van der Waals surface area contributed by atoms with E-state index in [4.69, 9.17) is 5.73 Å². The second-order valence-corrected chi connectivity index (χ2v) is 3.84. The minimum Gasteiger partial charge on any atom is -0.316 e. The van der Waals surface area contributed by atoms with Crippen LogP contribution in [0.15, 0.2) is 24.3 Å². The molecule has 0 spiro atoms. The van der Waals surface area contributed by atoms with Crippen molar-refractivity contribution in [3.63, 3.8) is 0 Å². The summed E-state index contributed by atoms with van der Waals surface area (Å²) in [5.41, 5.74) is 6.18. The fraction of sp³-hybridized carbons (Fsp3) is 0.455. The highest BCUT2D eigenvalue weighted by Crippen LogP contribution is 2.30. The maximum absolute atomic E-state index is 12.3. The lowest BCUT2D eigenvalue weighted by Crippen LogP contribution is -2.28. The molecule has 0 heterocycles. The van der Waals surface area contributed by atoms with E-state index in [2.05, 4.69) is 0 Å². The molecule has 1 atom stereocenters. The van der Waals surface area contributed by atoms with Crippen molar-refractivity contribution >= 4 is 12.4 Å². The van der Waals surface area contributed by atoms with E-state index >= 15 is 0 Å². The SMILES string of the molecule is CC(C)c1ccc([C@@H](N)C(F)(F)F)cc1.Cl. The molecule has 0 amide bonds. The number of nitrogens with two attached hydrogens (primary N) is 1. The van der Waals surface area contributed by atoms with Crippen molar-refractivity contribution in [3.05, 3.63) is 35.4 Å². The topological polar surface area (TPSA) is 26.0 Å². The third kappa shape index (κ3) is 3.68. The lowest BCUT2D eigenvalue weighted by Gasteiger charge is -2.16. The van der Waals surface area contributed by atoms with Gasteiger partial charge >= 0.3 is 6.18 Å². The van der Waals surface area contributed by atoms with Crippen LogP contribution in [0.1, 0.15) is 36.9 Å². The number of benzene rings is 1. The van der Waals surface area contributed by atoms with Crippen LogP contribution in [-0.4, -0.2) is 6.18 Å². The largest absolute Gasteiger partial charge is 0.407 e. The smallest absolute Gasteiger partial charge is 0.316 e. The normalized spacial score (nSPS) is 13.4. The minimum atomic E-state index is -4.38. The Bertz CT molecular complexity index is 319. The second-order valence-electron chi connectivity index (χ2n) is 3.84. The third-order valence-corrected chi connectivity index (χ3v) is 2.31. The average molecular weight is 254 g/mol. The first-order valence-electron chi connectivity index (χ1n) is 4.74. The van der Waals surface area contributed by atoms with Gasteiger partial charge in [-0.15, -0.1) is 12.4 Å². The molecule has 1 nitrogen and oxygen atoms in total. The van der Waals surface area contributed by atoms with Crippen molar-refractivity contribution in [2.45, 2.75) is 32.0 Å². The molecule has 5 heteroatoms. The zero-order valence-corrected chi connectivity index (χ0v) is 9.90. The number of hydrogen-bond donors (Lipinski definition) is 1. The van der Waals surface area contributed by atoms with Gasteiger partial charge in [-0.25, -0.2) is 0 Å². The molecule has 2 N–H and O–H groups in total. The zero-order valence-electron chi connectivity index (χ0n) is 9.08. The predicted molar refractivity (Wildman–Crippen MR) is 60.8 cm³/mol. The van der Waals surface area contributed by atoms with E-state index < -0.39 is 12.2 Å². The molecule has 0 aromatic heterocycles. The van der Waals surface area contributed by atoms with Crippen molar-refractivity contribution in [1.29, 1.82) is 0 Å². The number of rotatable bonds is 2. The van der Waals surface area contributed by atoms with Gasteiger partial charge in [0.1, 0.15) is 6.04 Å². The van der Waals surface area contributed by atoms with Crippen LogP contribution in [0.2, 0.25) is 0 Å². The molecular formula is C11H15ClF3N.